The third kappa shape index (κ3) is 4.68. The number of rotatable bonds is 9. The van der Waals surface area contributed by atoms with Gasteiger partial charge in [-0.1, -0.05) is 0 Å². The standard InChI is InChI=1S/C21H22N2O7/c1-2-29-15-7-5-14(6-8-15)23-19(25)12-17(21(23)28)22(13-16-4-3-11-30-16)18(24)9-10-20(26)27/h3-8,11,17H,2,9-10,12-13H2,1H3,(H,26,27)/p-1/t17-/m0/s1. The van der Waals surface area contributed by atoms with E-state index in [2.05, 4.69) is 0 Å². The van der Waals surface area contributed by atoms with Crippen LogP contribution in [0, 0.1) is 0 Å². The Balaban J connectivity index is 1.82. The highest BCUT2D eigenvalue weighted by molar-refractivity contribution is 6.23. The molecule has 2 heterocycles. The molecule has 1 atom stereocenters. The van der Waals surface area contributed by atoms with Crippen LogP contribution in [0.4, 0.5) is 5.69 Å². The Morgan fingerprint density at radius 2 is 1.93 bits per heavy atom. The molecule has 9 heteroatoms. The van der Waals surface area contributed by atoms with E-state index in [0.29, 0.717) is 23.8 Å². The molecule has 1 fully saturated rings. The molecule has 30 heavy (non-hydrogen) atoms. The third-order valence-corrected chi connectivity index (χ3v) is 4.67. The van der Waals surface area contributed by atoms with Crippen LogP contribution in [0.15, 0.2) is 47.1 Å². The Kier molecular flexibility index (Phi) is 6.51. The number of furan rings is 1. The number of carbonyl (C=O) groups is 4. The van der Waals surface area contributed by atoms with Crippen molar-refractivity contribution >= 4 is 29.4 Å². The van der Waals surface area contributed by atoms with Gasteiger partial charge < -0.3 is 24.0 Å². The van der Waals surface area contributed by atoms with Gasteiger partial charge in [0, 0.05) is 12.4 Å². The van der Waals surface area contributed by atoms with Crippen molar-refractivity contribution in [2.75, 3.05) is 11.5 Å². The Morgan fingerprint density at radius 3 is 2.53 bits per heavy atom. The molecule has 0 saturated carbocycles. The highest BCUT2D eigenvalue weighted by Crippen LogP contribution is 2.28. The maximum atomic E-state index is 13.1. The summed E-state index contributed by atoms with van der Waals surface area (Å²) in [6, 6.07) is 8.70. The second-order valence-corrected chi connectivity index (χ2v) is 6.69. The summed E-state index contributed by atoms with van der Waals surface area (Å²) in [7, 11) is 0. The second-order valence-electron chi connectivity index (χ2n) is 6.69. The van der Waals surface area contributed by atoms with E-state index >= 15 is 0 Å². The van der Waals surface area contributed by atoms with Crippen LogP contribution >= 0.6 is 0 Å². The van der Waals surface area contributed by atoms with Gasteiger partial charge in [-0.15, -0.1) is 0 Å². The fourth-order valence-electron chi connectivity index (χ4n) is 3.28. The molecule has 0 bridgehead atoms. The third-order valence-electron chi connectivity index (χ3n) is 4.67. The Morgan fingerprint density at radius 1 is 1.20 bits per heavy atom. The molecule has 0 unspecified atom stereocenters. The molecule has 0 radical (unpaired) electrons. The monoisotopic (exact) mass is 413 g/mol. The number of imide groups is 1. The number of benzene rings is 1. The Bertz CT molecular complexity index is 921. The van der Waals surface area contributed by atoms with Crippen LogP contribution in [0.3, 0.4) is 0 Å². The Labute approximate surface area is 172 Å². The second kappa shape index (κ2) is 9.25. The molecule has 0 spiro atoms. The van der Waals surface area contributed by atoms with Gasteiger partial charge in [0.2, 0.25) is 11.8 Å². The predicted molar refractivity (Wildman–Crippen MR) is 102 cm³/mol. The number of amides is 3. The molecular weight excluding hydrogens is 392 g/mol. The molecule has 1 aromatic heterocycles. The summed E-state index contributed by atoms with van der Waals surface area (Å²) in [5, 5.41) is 10.8. The minimum Gasteiger partial charge on any atom is -0.550 e. The van der Waals surface area contributed by atoms with Crippen molar-refractivity contribution in [3.05, 3.63) is 48.4 Å². The lowest BCUT2D eigenvalue weighted by Gasteiger charge is -2.27. The van der Waals surface area contributed by atoms with Crippen LogP contribution in [0.1, 0.15) is 31.9 Å². The molecule has 0 aliphatic carbocycles. The van der Waals surface area contributed by atoms with Gasteiger partial charge in [0.05, 0.1) is 31.5 Å². The first-order valence-electron chi connectivity index (χ1n) is 9.52. The Hall–Kier alpha value is -3.62. The fourth-order valence-corrected chi connectivity index (χ4v) is 3.28. The van der Waals surface area contributed by atoms with Gasteiger partial charge in [-0.2, -0.15) is 0 Å². The molecule has 1 aliphatic rings. The smallest absolute Gasteiger partial charge is 0.257 e. The SMILES string of the molecule is CCOc1ccc(N2C(=O)C[C@H](N(Cc3ccco3)C(=O)CCC(=O)[O-])C2=O)cc1. The van der Waals surface area contributed by atoms with Crippen molar-refractivity contribution in [2.45, 2.75) is 38.8 Å². The van der Waals surface area contributed by atoms with Gasteiger partial charge in [-0.05, 0) is 49.7 Å². The van der Waals surface area contributed by atoms with E-state index in [0.717, 1.165) is 4.90 Å². The summed E-state index contributed by atoms with van der Waals surface area (Å²) in [4.78, 5) is 51.3. The summed E-state index contributed by atoms with van der Waals surface area (Å²) in [5.74, 6) is -1.93. The number of carboxylic acids is 1. The number of carboxylic acid groups (broad SMARTS) is 1. The average molecular weight is 413 g/mol. The van der Waals surface area contributed by atoms with E-state index in [1.807, 2.05) is 6.92 Å². The topological polar surface area (TPSA) is 120 Å². The van der Waals surface area contributed by atoms with E-state index in [9.17, 15) is 24.3 Å². The number of aliphatic carboxylic acids is 1. The molecule has 9 nitrogen and oxygen atoms in total. The van der Waals surface area contributed by atoms with Crippen LogP contribution in [-0.2, 0) is 25.7 Å². The normalized spacial score (nSPS) is 16.0. The summed E-state index contributed by atoms with van der Waals surface area (Å²) < 4.78 is 10.6. The van der Waals surface area contributed by atoms with Crippen LogP contribution in [-0.4, -0.2) is 41.2 Å². The zero-order valence-electron chi connectivity index (χ0n) is 16.4. The van der Waals surface area contributed by atoms with E-state index < -0.39 is 36.2 Å². The zero-order valence-corrected chi connectivity index (χ0v) is 16.4. The molecular formula is C21H21N2O7-. The van der Waals surface area contributed by atoms with Gasteiger partial charge in [0.25, 0.3) is 5.91 Å². The summed E-state index contributed by atoms with van der Waals surface area (Å²) >= 11 is 0. The number of ether oxygens (including phenoxy) is 1. The van der Waals surface area contributed by atoms with Crippen molar-refractivity contribution in [3.63, 3.8) is 0 Å². The van der Waals surface area contributed by atoms with Gasteiger partial charge in [0.15, 0.2) is 0 Å². The van der Waals surface area contributed by atoms with Crippen molar-refractivity contribution in [1.82, 2.24) is 4.90 Å². The quantitative estimate of drug-likeness (QED) is 0.559. The van der Waals surface area contributed by atoms with Crippen LogP contribution in [0.5, 0.6) is 5.75 Å². The average Bonchev–Trinajstić information content (AvgIpc) is 3.33. The lowest BCUT2D eigenvalue weighted by Crippen LogP contribution is -2.45. The summed E-state index contributed by atoms with van der Waals surface area (Å²) in [6.07, 6.45) is 0.395. The lowest BCUT2D eigenvalue weighted by molar-refractivity contribution is -0.305. The van der Waals surface area contributed by atoms with Gasteiger partial charge in [-0.3, -0.25) is 14.4 Å². The fraction of sp³-hybridized carbons (Fsp3) is 0.333. The van der Waals surface area contributed by atoms with Crippen molar-refractivity contribution in [2.24, 2.45) is 0 Å². The van der Waals surface area contributed by atoms with Crippen LogP contribution < -0.4 is 14.7 Å². The maximum Gasteiger partial charge on any atom is 0.257 e. The number of nitrogens with zero attached hydrogens (tertiary/aromatic N) is 2. The molecule has 1 aliphatic heterocycles. The van der Waals surface area contributed by atoms with Gasteiger partial charge in [0.1, 0.15) is 17.6 Å². The first kappa shape index (κ1) is 21.1. The molecule has 0 N–H and O–H groups in total. The van der Waals surface area contributed by atoms with E-state index in [4.69, 9.17) is 9.15 Å². The van der Waals surface area contributed by atoms with Crippen LogP contribution in [0.2, 0.25) is 0 Å². The van der Waals surface area contributed by atoms with E-state index in [1.165, 1.54) is 11.2 Å². The van der Waals surface area contributed by atoms with Crippen molar-refractivity contribution < 1.29 is 33.4 Å². The van der Waals surface area contributed by atoms with E-state index in [1.54, 1.807) is 36.4 Å². The molecule has 3 rings (SSSR count). The van der Waals surface area contributed by atoms with Crippen molar-refractivity contribution in [1.29, 1.82) is 0 Å². The lowest BCUT2D eigenvalue weighted by atomic mass is 10.1. The molecule has 2 aromatic rings. The zero-order chi connectivity index (χ0) is 21.7. The highest BCUT2D eigenvalue weighted by Gasteiger charge is 2.44. The van der Waals surface area contributed by atoms with Crippen LogP contribution in [0.25, 0.3) is 0 Å². The largest absolute Gasteiger partial charge is 0.550 e. The summed E-state index contributed by atoms with van der Waals surface area (Å²) in [5.41, 5.74) is 0.371. The van der Waals surface area contributed by atoms with E-state index in [-0.39, 0.29) is 19.4 Å². The number of hydrogen-bond donors (Lipinski definition) is 0. The van der Waals surface area contributed by atoms with Gasteiger partial charge >= 0.3 is 0 Å². The highest BCUT2D eigenvalue weighted by atomic mass is 16.5. The minimum atomic E-state index is -1.37. The van der Waals surface area contributed by atoms with Crippen molar-refractivity contribution in [3.8, 4) is 5.75 Å². The molecule has 1 aromatic carbocycles. The predicted octanol–water partition coefficient (Wildman–Crippen LogP) is 0.869. The molecule has 3 amide bonds. The number of anilines is 1. The maximum absolute atomic E-state index is 13.1. The van der Waals surface area contributed by atoms with Gasteiger partial charge in [-0.25, -0.2) is 4.90 Å². The number of carbonyl (C=O) groups excluding carboxylic acids is 4. The minimum absolute atomic E-state index is 0.0559. The molecule has 158 valence electrons. The summed E-state index contributed by atoms with van der Waals surface area (Å²) in [6.45, 7) is 2.27. The first-order chi connectivity index (χ1) is 14.4. The first-order valence-corrected chi connectivity index (χ1v) is 9.52. The molecule has 1 saturated heterocycles. The number of hydrogen-bond acceptors (Lipinski definition) is 7.